The van der Waals surface area contributed by atoms with E-state index in [9.17, 15) is 9.59 Å². The Kier molecular flexibility index (Phi) is 3.18. The van der Waals surface area contributed by atoms with Crippen molar-refractivity contribution >= 4 is 11.6 Å². The predicted octanol–water partition coefficient (Wildman–Crippen LogP) is 2.46. The van der Waals surface area contributed by atoms with Gasteiger partial charge in [-0.3, -0.25) is 14.3 Å². The van der Waals surface area contributed by atoms with Crippen molar-refractivity contribution in [1.29, 1.82) is 0 Å². The van der Waals surface area contributed by atoms with Gasteiger partial charge in [-0.1, -0.05) is 25.4 Å². The van der Waals surface area contributed by atoms with Gasteiger partial charge in [0.15, 0.2) is 0 Å². The van der Waals surface area contributed by atoms with Crippen molar-refractivity contribution in [2.24, 2.45) is 5.92 Å². The van der Waals surface area contributed by atoms with Crippen LogP contribution in [0.1, 0.15) is 52.0 Å². The molecule has 0 atom stereocenters. The van der Waals surface area contributed by atoms with Crippen molar-refractivity contribution in [1.82, 2.24) is 9.55 Å². The molecule has 18 heavy (non-hydrogen) atoms. The molecule has 1 aliphatic carbocycles. The topological polar surface area (TPSA) is 54.9 Å². The Morgan fingerprint density at radius 2 is 1.89 bits per heavy atom. The Hall–Kier alpha value is -1.03. The molecule has 0 unspecified atom stereocenters. The van der Waals surface area contributed by atoms with E-state index in [4.69, 9.17) is 11.6 Å². The molecule has 0 amide bonds. The lowest BCUT2D eigenvalue weighted by Gasteiger charge is -2.27. The van der Waals surface area contributed by atoms with Crippen LogP contribution in [-0.2, 0) is 5.54 Å². The molecule has 1 aromatic heterocycles. The number of rotatable bonds is 3. The highest BCUT2D eigenvalue weighted by Crippen LogP contribution is 2.42. The van der Waals surface area contributed by atoms with E-state index in [0.29, 0.717) is 11.5 Å². The molecule has 0 spiro atoms. The molecule has 4 nitrogen and oxygen atoms in total. The first-order valence-corrected chi connectivity index (χ1v) is 6.69. The summed E-state index contributed by atoms with van der Waals surface area (Å²) < 4.78 is 1.34. The summed E-state index contributed by atoms with van der Waals surface area (Å²) in [6.07, 6.45) is 2.14. The van der Waals surface area contributed by atoms with Crippen molar-refractivity contribution in [3.63, 3.8) is 0 Å². The molecule has 0 saturated heterocycles. The fourth-order valence-electron chi connectivity index (χ4n) is 2.52. The summed E-state index contributed by atoms with van der Waals surface area (Å²) in [5.41, 5.74) is -0.620. The van der Waals surface area contributed by atoms with Gasteiger partial charge in [-0.25, -0.2) is 4.79 Å². The lowest BCUT2D eigenvalue weighted by atomic mass is 9.97. The fraction of sp³-hybridized carbons (Fsp3) is 0.692. The van der Waals surface area contributed by atoms with Crippen molar-refractivity contribution in [3.05, 3.63) is 31.6 Å². The summed E-state index contributed by atoms with van der Waals surface area (Å²) in [4.78, 5) is 27.1. The van der Waals surface area contributed by atoms with Gasteiger partial charge in [0.1, 0.15) is 5.15 Å². The highest BCUT2D eigenvalue weighted by molar-refractivity contribution is 6.30. The first kappa shape index (κ1) is 13.4. The van der Waals surface area contributed by atoms with Gasteiger partial charge >= 0.3 is 5.69 Å². The molecule has 1 fully saturated rings. The second kappa shape index (κ2) is 4.26. The molecule has 100 valence electrons. The first-order chi connectivity index (χ1) is 8.26. The summed E-state index contributed by atoms with van der Waals surface area (Å²) in [7, 11) is 0. The maximum atomic E-state index is 12.5. The van der Waals surface area contributed by atoms with Crippen LogP contribution in [0.25, 0.3) is 0 Å². The average Bonchev–Trinajstić information content (AvgIpc) is 2.96. The minimum Gasteiger partial charge on any atom is -0.297 e. The molecule has 0 aliphatic heterocycles. The lowest BCUT2D eigenvalue weighted by Crippen LogP contribution is -2.48. The van der Waals surface area contributed by atoms with Gasteiger partial charge in [-0.15, -0.1) is 0 Å². The summed E-state index contributed by atoms with van der Waals surface area (Å²) in [6, 6.07) is 0. The Bertz CT molecular complexity index is 580. The zero-order valence-corrected chi connectivity index (χ0v) is 12.0. The van der Waals surface area contributed by atoms with Crippen molar-refractivity contribution in [2.75, 3.05) is 0 Å². The van der Waals surface area contributed by atoms with E-state index in [2.05, 4.69) is 4.98 Å². The van der Waals surface area contributed by atoms with E-state index in [1.807, 2.05) is 27.7 Å². The SMILES string of the molecule is CC(C)c1c(Cl)[nH]c(=O)n(C(C)(C)C2CC2)c1=O. The molecule has 2 rings (SSSR count). The minimum atomic E-state index is -0.446. The Morgan fingerprint density at radius 1 is 1.33 bits per heavy atom. The Balaban J connectivity index is 2.72. The van der Waals surface area contributed by atoms with Crippen LogP contribution in [0.5, 0.6) is 0 Å². The van der Waals surface area contributed by atoms with E-state index in [1.54, 1.807) is 0 Å². The third-order valence-corrected chi connectivity index (χ3v) is 4.12. The monoisotopic (exact) mass is 270 g/mol. The largest absolute Gasteiger partial charge is 0.330 e. The van der Waals surface area contributed by atoms with Gasteiger partial charge in [0.2, 0.25) is 0 Å². The first-order valence-electron chi connectivity index (χ1n) is 6.32. The minimum absolute atomic E-state index is 0.0110. The number of H-pyrrole nitrogens is 1. The fourth-order valence-corrected chi connectivity index (χ4v) is 2.90. The van der Waals surface area contributed by atoms with Crippen LogP contribution in [-0.4, -0.2) is 9.55 Å². The van der Waals surface area contributed by atoms with Crippen molar-refractivity contribution in [2.45, 2.75) is 52.0 Å². The van der Waals surface area contributed by atoms with Crippen LogP contribution < -0.4 is 11.2 Å². The molecule has 0 bridgehead atoms. The molecular formula is C13H19ClN2O2. The van der Waals surface area contributed by atoms with E-state index in [1.165, 1.54) is 4.57 Å². The van der Waals surface area contributed by atoms with Gasteiger partial charge in [-0.2, -0.15) is 0 Å². The molecule has 0 radical (unpaired) electrons. The zero-order chi connectivity index (χ0) is 13.7. The maximum absolute atomic E-state index is 12.5. The molecule has 1 N–H and O–H groups in total. The number of aromatic nitrogens is 2. The van der Waals surface area contributed by atoms with E-state index < -0.39 is 11.2 Å². The number of hydrogen-bond acceptors (Lipinski definition) is 2. The quantitative estimate of drug-likeness (QED) is 0.858. The van der Waals surface area contributed by atoms with E-state index in [-0.39, 0.29) is 16.6 Å². The van der Waals surface area contributed by atoms with Gasteiger partial charge in [0.25, 0.3) is 5.56 Å². The third-order valence-electron chi connectivity index (χ3n) is 3.82. The van der Waals surface area contributed by atoms with Crippen molar-refractivity contribution < 1.29 is 0 Å². The predicted molar refractivity (Wildman–Crippen MR) is 72.5 cm³/mol. The number of halogens is 1. The van der Waals surface area contributed by atoms with Gasteiger partial charge in [0.05, 0.1) is 5.56 Å². The van der Waals surface area contributed by atoms with Crippen LogP contribution >= 0.6 is 11.6 Å². The summed E-state index contributed by atoms with van der Waals surface area (Å²) >= 11 is 5.98. The summed E-state index contributed by atoms with van der Waals surface area (Å²) in [5, 5.41) is 0.169. The van der Waals surface area contributed by atoms with Crippen LogP contribution in [0.3, 0.4) is 0 Å². The smallest absolute Gasteiger partial charge is 0.297 e. The number of nitrogens with one attached hydrogen (secondary N) is 1. The van der Waals surface area contributed by atoms with Gasteiger partial charge in [0, 0.05) is 5.54 Å². The highest BCUT2D eigenvalue weighted by Gasteiger charge is 2.41. The Morgan fingerprint density at radius 3 is 2.33 bits per heavy atom. The normalized spacial score (nSPS) is 16.3. The number of nitrogens with zero attached hydrogens (tertiary/aromatic N) is 1. The lowest BCUT2D eigenvalue weighted by molar-refractivity contribution is 0.281. The van der Waals surface area contributed by atoms with Gasteiger partial charge in [-0.05, 0) is 38.5 Å². The molecule has 1 saturated carbocycles. The Labute approximate surface area is 111 Å². The second-order valence-corrected chi connectivity index (χ2v) is 6.26. The molecular weight excluding hydrogens is 252 g/mol. The number of hydrogen-bond donors (Lipinski definition) is 1. The van der Waals surface area contributed by atoms with Crippen LogP contribution in [0.4, 0.5) is 0 Å². The standard InChI is InChI=1S/C13H19ClN2O2/c1-7(2)9-10(14)15-12(18)16(11(9)17)13(3,4)8-5-6-8/h7-8H,5-6H2,1-4H3,(H,15,18). The summed E-state index contributed by atoms with van der Waals surface area (Å²) in [6.45, 7) is 7.68. The zero-order valence-electron chi connectivity index (χ0n) is 11.2. The molecule has 1 heterocycles. The molecule has 5 heteroatoms. The van der Waals surface area contributed by atoms with Gasteiger partial charge < -0.3 is 0 Å². The molecule has 1 aromatic rings. The third kappa shape index (κ3) is 2.03. The maximum Gasteiger partial charge on any atom is 0.330 e. The highest BCUT2D eigenvalue weighted by atomic mass is 35.5. The average molecular weight is 271 g/mol. The van der Waals surface area contributed by atoms with Crippen LogP contribution in [0.15, 0.2) is 9.59 Å². The van der Waals surface area contributed by atoms with Crippen LogP contribution in [0, 0.1) is 5.92 Å². The second-order valence-electron chi connectivity index (χ2n) is 5.88. The van der Waals surface area contributed by atoms with E-state index in [0.717, 1.165) is 12.8 Å². The van der Waals surface area contributed by atoms with Crippen LogP contribution in [0.2, 0.25) is 5.15 Å². The summed E-state index contributed by atoms with van der Waals surface area (Å²) in [5.74, 6) is 0.389. The van der Waals surface area contributed by atoms with Crippen molar-refractivity contribution in [3.8, 4) is 0 Å². The number of aromatic amines is 1. The molecule has 1 aliphatic rings. The molecule has 0 aromatic carbocycles. The van der Waals surface area contributed by atoms with E-state index >= 15 is 0 Å².